The third-order valence-corrected chi connectivity index (χ3v) is 5.30. The smallest absolute Gasteiger partial charge is 0.247 e. The average Bonchev–Trinajstić information content (AvgIpc) is 3.22. The van der Waals surface area contributed by atoms with Crippen LogP contribution in [0, 0.1) is 11.6 Å². The Bertz CT molecular complexity index is 1390. The molecule has 0 radical (unpaired) electrons. The summed E-state index contributed by atoms with van der Waals surface area (Å²) in [6.45, 7) is 3.40. The molecule has 2 aromatic carbocycles. The number of nitrogens with one attached hydrogen (secondary N) is 3. The summed E-state index contributed by atoms with van der Waals surface area (Å²) in [6, 6.07) is 8.60. The lowest BCUT2D eigenvalue weighted by Gasteiger charge is -2.15. The molecular formula is C23H18BrF2N7O. The van der Waals surface area contributed by atoms with Crippen LogP contribution in [0.4, 0.5) is 37.6 Å². The van der Waals surface area contributed by atoms with Crippen LogP contribution in [0.3, 0.4) is 0 Å². The molecule has 0 spiro atoms. The van der Waals surface area contributed by atoms with Gasteiger partial charge in [0.05, 0.1) is 22.0 Å². The van der Waals surface area contributed by atoms with Crippen LogP contribution in [0.25, 0.3) is 11.1 Å². The number of amides is 1. The number of carbonyl (C=O) groups is 1. The maximum atomic E-state index is 14.6. The minimum atomic E-state index is -0.579. The van der Waals surface area contributed by atoms with Gasteiger partial charge in [0.25, 0.3) is 0 Å². The van der Waals surface area contributed by atoms with Crippen LogP contribution >= 0.6 is 15.9 Å². The number of hydrogen-bond acceptors (Lipinski definition) is 6. The maximum absolute atomic E-state index is 14.6. The van der Waals surface area contributed by atoms with E-state index in [-0.39, 0.29) is 17.5 Å². The van der Waals surface area contributed by atoms with Crippen molar-refractivity contribution in [2.24, 2.45) is 7.05 Å². The number of halogens is 3. The Morgan fingerprint density at radius 2 is 1.91 bits per heavy atom. The summed E-state index contributed by atoms with van der Waals surface area (Å²) in [5.41, 5.74) is 1.96. The molecule has 4 aromatic rings. The van der Waals surface area contributed by atoms with Crippen LogP contribution in [0.15, 0.2) is 72.1 Å². The van der Waals surface area contributed by atoms with Crippen molar-refractivity contribution >= 4 is 50.7 Å². The van der Waals surface area contributed by atoms with E-state index in [1.54, 1.807) is 36.3 Å². The first-order valence-corrected chi connectivity index (χ1v) is 10.7. The lowest BCUT2D eigenvalue weighted by atomic mass is 10.1. The fourth-order valence-corrected chi connectivity index (χ4v) is 3.29. The molecule has 172 valence electrons. The van der Waals surface area contributed by atoms with Crippen LogP contribution < -0.4 is 16.0 Å². The minimum Gasteiger partial charge on any atom is -0.337 e. The molecule has 0 bridgehead atoms. The number of hydrogen-bond donors (Lipinski definition) is 3. The van der Waals surface area contributed by atoms with Crippen molar-refractivity contribution < 1.29 is 13.6 Å². The first kappa shape index (κ1) is 23.1. The average molecular weight is 526 g/mol. The molecule has 0 atom stereocenters. The van der Waals surface area contributed by atoms with E-state index in [9.17, 15) is 13.6 Å². The standard InChI is InChI=1S/C23H18BrF2N7O/c1-3-21(34)29-14-5-7-18(25)20(9-14)31-22-16(13-4-6-17(24)19(26)8-13)11-27-23(32-22)30-15-10-28-33(2)12-15/h3-12H,1H2,2H3,(H,29,34)(H2,27,30,31,32). The van der Waals surface area contributed by atoms with E-state index in [4.69, 9.17) is 0 Å². The number of carbonyl (C=O) groups excluding carboxylic acids is 1. The van der Waals surface area contributed by atoms with E-state index < -0.39 is 17.5 Å². The number of rotatable bonds is 7. The van der Waals surface area contributed by atoms with Gasteiger partial charge in [-0.15, -0.1) is 0 Å². The van der Waals surface area contributed by atoms with Gasteiger partial charge in [-0.3, -0.25) is 9.48 Å². The van der Waals surface area contributed by atoms with Gasteiger partial charge < -0.3 is 16.0 Å². The molecule has 0 fully saturated rings. The topological polar surface area (TPSA) is 96.8 Å². The molecule has 11 heteroatoms. The highest BCUT2D eigenvalue weighted by molar-refractivity contribution is 9.10. The summed E-state index contributed by atoms with van der Waals surface area (Å²) in [5.74, 6) is -1.05. The Morgan fingerprint density at radius 3 is 2.62 bits per heavy atom. The first-order valence-electron chi connectivity index (χ1n) is 9.90. The summed E-state index contributed by atoms with van der Waals surface area (Å²) >= 11 is 3.14. The highest BCUT2D eigenvalue weighted by atomic mass is 79.9. The summed E-state index contributed by atoms with van der Waals surface area (Å²) in [6.07, 6.45) is 5.94. The molecule has 0 saturated heterocycles. The molecule has 0 aliphatic rings. The van der Waals surface area contributed by atoms with Crippen molar-refractivity contribution in [1.82, 2.24) is 19.7 Å². The molecular weight excluding hydrogens is 508 g/mol. The van der Waals surface area contributed by atoms with Crippen molar-refractivity contribution in [2.75, 3.05) is 16.0 Å². The van der Waals surface area contributed by atoms with E-state index in [0.29, 0.717) is 27.0 Å². The van der Waals surface area contributed by atoms with Gasteiger partial charge in [-0.1, -0.05) is 12.6 Å². The number of aromatic nitrogens is 4. The Kier molecular flexibility index (Phi) is 6.64. The van der Waals surface area contributed by atoms with Gasteiger partial charge in [0.2, 0.25) is 11.9 Å². The third-order valence-electron chi connectivity index (χ3n) is 4.65. The zero-order chi connectivity index (χ0) is 24.2. The van der Waals surface area contributed by atoms with E-state index in [2.05, 4.69) is 53.5 Å². The first-order chi connectivity index (χ1) is 16.3. The van der Waals surface area contributed by atoms with Gasteiger partial charge in [0, 0.05) is 30.7 Å². The van der Waals surface area contributed by atoms with Gasteiger partial charge >= 0.3 is 0 Å². The van der Waals surface area contributed by atoms with E-state index in [1.165, 1.54) is 30.5 Å². The number of benzene rings is 2. The zero-order valence-corrected chi connectivity index (χ0v) is 19.4. The lowest BCUT2D eigenvalue weighted by Crippen LogP contribution is -2.08. The van der Waals surface area contributed by atoms with Crippen molar-refractivity contribution in [1.29, 1.82) is 0 Å². The number of nitrogens with zero attached hydrogens (tertiary/aromatic N) is 4. The van der Waals surface area contributed by atoms with Crippen LogP contribution in [0.2, 0.25) is 0 Å². The molecule has 2 aromatic heterocycles. The molecule has 34 heavy (non-hydrogen) atoms. The summed E-state index contributed by atoms with van der Waals surface area (Å²) in [7, 11) is 1.77. The predicted molar refractivity (Wildman–Crippen MR) is 130 cm³/mol. The zero-order valence-electron chi connectivity index (χ0n) is 17.8. The van der Waals surface area contributed by atoms with Gasteiger partial charge in [-0.25, -0.2) is 13.8 Å². The van der Waals surface area contributed by atoms with Crippen molar-refractivity contribution in [3.8, 4) is 11.1 Å². The highest BCUT2D eigenvalue weighted by Crippen LogP contribution is 2.33. The molecule has 1 amide bonds. The van der Waals surface area contributed by atoms with E-state index in [1.807, 2.05) is 0 Å². The molecule has 0 unspecified atom stereocenters. The molecule has 2 heterocycles. The van der Waals surface area contributed by atoms with Crippen LogP contribution in [-0.2, 0) is 11.8 Å². The highest BCUT2D eigenvalue weighted by Gasteiger charge is 2.15. The molecule has 0 aliphatic heterocycles. The maximum Gasteiger partial charge on any atom is 0.247 e. The van der Waals surface area contributed by atoms with Crippen LogP contribution in [-0.4, -0.2) is 25.7 Å². The second kappa shape index (κ2) is 9.79. The quantitative estimate of drug-likeness (QED) is 0.274. The Balaban J connectivity index is 1.75. The van der Waals surface area contributed by atoms with Crippen LogP contribution in [0.5, 0.6) is 0 Å². The third kappa shape index (κ3) is 5.26. The number of anilines is 5. The fraction of sp³-hybridized carbons (Fsp3) is 0.0435. The van der Waals surface area contributed by atoms with Gasteiger partial charge in [-0.05, 0) is 57.9 Å². The van der Waals surface area contributed by atoms with Crippen molar-refractivity contribution in [3.63, 3.8) is 0 Å². The molecule has 0 saturated carbocycles. The Morgan fingerprint density at radius 1 is 1.09 bits per heavy atom. The second-order valence-corrected chi connectivity index (χ2v) is 7.98. The van der Waals surface area contributed by atoms with Gasteiger partial charge in [0.15, 0.2) is 0 Å². The monoisotopic (exact) mass is 525 g/mol. The van der Waals surface area contributed by atoms with Crippen molar-refractivity contribution in [3.05, 3.63) is 83.8 Å². The lowest BCUT2D eigenvalue weighted by molar-refractivity contribution is -0.111. The second-order valence-electron chi connectivity index (χ2n) is 7.13. The molecule has 0 aliphatic carbocycles. The van der Waals surface area contributed by atoms with Crippen LogP contribution in [0.1, 0.15) is 0 Å². The minimum absolute atomic E-state index is 0.0479. The predicted octanol–water partition coefficient (Wildman–Crippen LogP) is 5.53. The summed E-state index contributed by atoms with van der Waals surface area (Å²) in [5, 5.41) is 12.6. The normalized spacial score (nSPS) is 10.6. The van der Waals surface area contributed by atoms with Crippen molar-refractivity contribution in [2.45, 2.75) is 0 Å². The Hall–Kier alpha value is -4.12. The van der Waals surface area contributed by atoms with E-state index >= 15 is 0 Å². The molecule has 4 rings (SSSR count). The SMILES string of the molecule is C=CC(=O)Nc1ccc(F)c(Nc2nc(Nc3cnn(C)c3)ncc2-c2ccc(Br)c(F)c2)c1. The largest absolute Gasteiger partial charge is 0.337 e. The Labute approximate surface area is 201 Å². The fourth-order valence-electron chi connectivity index (χ4n) is 3.05. The van der Waals surface area contributed by atoms with Gasteiger partial charge in [0.1, 0.15) is 17.5 Å². The molecule has 3 N–H and O–H groups in total. The van der Waals surface area contributed by atoms with Gasteiger partial charge in [-0.2, -0.15) is 10.1 Å². The van der Waals surface area contributed by atoms with E-state index in [0.717, 1.165) is 6.08 Å². The summed E-state index contributed by atoms with van der Waals surface area (Å²) in [4.78, 5) is 20.4. The number of aryl methyl sites for hydroxylation is 1. The molecule has 8 nitrogen and oxygen atoms in total. The summed E-state index contributed by atoms with van der Waals surface area (Å²) < 4.78 is 30.8.